The van der Waals surface area contributed by atoms with Crippen LogP contribution in [0.1, 0.15) is 22.8 Å². The largest absolute Gasteiger partial charge is 0.387 e. The minimum atomic E-state index is -0.978. The Labute approximate surface area is 136 Å². The van der Waals surface area contributed by atoms with E-state index in [1.54, 1.807) is 25.1 Å². The second kappa shape index (κ2) is 7.42. The van der Waals surface area contributed by atoms with E-state index < -0.39 is 5.60 Å². The quantitative estimate of drug-likeness (QED) is 0.860. The summed E-state index contributed by atoms with van der Waals surface area (Å²) >= 11 is 5.96. The number of benzene rings is 1. The monoisotopic (exact) mass is 326 g/mol. The molecular weight excluding hydrogens is 304 g/mol. The number of β-amino-alcohol motifs (C(OH)–C–C–N with tert-alkyl or cyclic N) is 1. The van der Waals surface area contributed by atoms with E-state index in [9.17, 15) is 9.90 Å². The smallest absolute Gasteiger partial charge is 0.251 e. The van der Waals surface area contributed by atoms with E-state index in [4.69, 9.17) is 16.3 Å². The van der Waals surface area contributed by atoms with Crippen molar-refractivity contribution in [3.63, 3.8) is 0 Å². The Kier molecular flexibility index (Phi) is 5.81. The highest BCUT2D eigenvalue weighted by atomic mass is 35.5. The van der Waals surface area contributed by atoms with Crippen LogP contribution in [-0.2, 0) is 4.74 Å². The Hall–Kier alpha value is -1.14. The van der Waals surface area contributed by atoms with Crippen molar-refractivity contribution in [3.8, 4) is 0 Å². The Balaban J connectivity index is 1.87. The molecule has 0 bridgehead atoms. The summed E-state index contributed by atoms with van der Waals surface area (Å²) in [6, 6.07) is 5.13. The fourth-order valence-electron chi connectivity index (χ4n) is 2.46. The molecule has 1 aromatic carbocycles. The first kappa shape index (κ1) is 17.2. The van der Waals surface area contributed by atoms with Crippen LogP contribution in [0.5, 0.6) is 0 Å². The summed E-state index contributed by atoms with van der Waals surface area (Å²) in [5.41, 5.74) is 0.424. The summed E-state index contributed by atoms with van der Waals surface area (Å²) in [7, 11) is 0. The molecule has 1 aliphatic heterocycles. The van der Waals surface area contributed by atoms with Gasteiger partial charge in [0.15, 0.2) is 0 Å². The molecule has 1 amide bonds. The fraction of sp³-hybridized carbons (Fsp3) is 0.562. The number of rotatable bonds is 5. The molecule has 1 atom stereocenters. The van der Waals surface area contributed by atoms with Gasteiger partial charge >= 0.3 is 0 Å². The van der Waals surface area contributed by atoms with Crippen molar-refractivity contribution in [2.45, 2.75) is 19.4 Å². The van der Waals surface area contributed by atoms with Gasteiger partial charge in [0.25, 0.3) is 5.91 Å². The fourth-order valence-corrected chi connectivity index (χ4v) is 2.57. The zero-order valence-corrected chi connectivity index (χ0v) is 13.8. The molecule has 1 aromatic rings. The predicted molar refractivity (Wildman–Crippen MR) is 86.4 cm³/mol. The molecule has 6 heteroatoms. The molecule has 2 rings (SSSR count). The van der Waals surface area contributed by atoms with Crippen LogP contribution in [0.15, 0.2) is 18.2 Å². The zero-order chi connectivity index (χ0) is 16.2. The summed E-state index contributed by atoms with van der Waals surface area (Å²) < 4.78 is 5.29. The molecule has 1 fully saturated rings. The standard InChI is InChI=1S/C16H23ClN2O3/c1-12-9-13(3-4-14(12)17)15(20)18-10-16(2,21)11-19-5-7-22-8-6-19/h3-4,9,21H,5-8,10-11H2,1-2H3,(H,18,20). The number of morpholine rings is 1. The highest BCUT2D eigenvalue weighted by Crippen LogP contribution is 2.16. The van der Waals surface area contributed by atoms with E-state index >= 15 is 0 Å². The van der Waals surface area contributed by atoms with E-state index in [1.807, 2.05) is 6.92 Å². The molecule has 0 saturated carbocycles. The third-order valence-corrected chi connectivity index (χ3v) is 4.14. The SMILES string of the molecule is Cc1cc(C(=O)NCC(C)(O)CN2CCOCC2)ccc1Cl. The van der Waals surface area contributed by atoms with Crippen LogP contribution < -0.4 is 5.32 Å². The van der Waals surface area contributed by atoms with Crippen LogP contribution in [0, 0.1) is 6.92 Å². The molecular formula is C16H23ClN2O3. The van der Waals surface area contributed by atoms with Gasteiger partial charge in [-0.3, -0.25) is 9.69 Å². The maximum Gasteiger partial charge on any atom is 0.251 e. The lowest BCUT2D eigenvalue weighted by molar-refractivity contribution is -0.0213. The van der Waals surface area contributed by atoms with Gasteiger partial charge in [-0.2, -0.15) is 0 Å². The lowest BCUT2D eigenvalue weighted by Gasteiger charge is -2.33. The molecule has 5 nitrogen and oxygen atoms in total. The van der Waals surface area contributed by atoms with Gasteiger partial charge in [-0.1, -0.05) is 11.6 Å². The molecule has 22 heavy (non-hydrogen) atoms. The van der Waals surface area contributed by atoms with E-state index in [2.05, 4.69) is 10.2 Å². The van der Waals surface area contributed by atoms with Gasteiger partial charge in [0.05, 0.1) is 18.8 Å². The Morgan fingerprint density at radius 3 is 2.77 bits per heavy atom. The van der Waals surface area contributed by atoms with Gasteiger partial charge in [-0.25, -0.2) is 0 Å². The zero-order valence-electron chi connectivity index (χ0n) is 13.1. The normalized spacial score (nSPS) is 18.7. The van der Waals surface area contributed by atoms with Gasteiger partial charge in [-0.15, -0.1) is 0 Å². The van der Waals surface area contributed by atoms with Crippen molar-refractivity contribution in [1.29, 1.82) is 0 Å². The number of amides is 1. The molecule has 1 saturated heterocycles. The van der Waals surface area contributed by atoms with Gasteiger partial charge in [-0.05, 0) is 37.6 Å². The van der Waals surface area contributed by atoms with Crippen molar-refractivity contribution < 1.29 is 14.6 Å². The third-order valence-electron chi connectivity index (χ3n) is 3.72. The molecule has 122 valence electrons. The van der Waals surface area contributed by atoms with Gasteiger partial charge < -0.3 is 15.2 Å². The van der Waals surface area contributed by atoms with Gasteiger partial charge in [0, 0.05) is 36.8 Å². The number of aliphatic hydroxyl groups is 1. The van der Waals surface area contributed by atoms with Crippen LogP contribution >= 0.6 is 11.6 Å². The highest BCUT2D eigenvalue weighted by Gasteiger charge is 2.26. The maximum atomic E-state index is 12.1. The minimum absolute atomic E-state index is 0.199. The number of nitrogens with zero attached hydrogens (tertiary/aromatic N) is 1. The predicted octanol–water partition coefficient (Wildman–Crippen LogP) is 1.46. The van der Waals surface area contributed by atoms with Crippen molar-refractivity contribution >= 4 is 17.5 Å². The minimum Gasteiger partial charge on any atom is -0.387 e. The van der Waals surface area contributed by atoms with Gasteiger partial charge in [0.2, 0.25) is 0 Å². The third kappa shape index (κ3) is 4.95. The highest BCUT2D eigenvalue weighted by molar-refractivity contribution is 6.31. The summed E-state index contributed by atoms with van der Waals surface area (Å²) in [6.45, 7) is 7.28. The Bertz CT molecular complexity index is 528. The van der Waals surface area contributed by atoms with Crippen LogP contribution in [0.2, 0.25) is 5.02 Å². The summed E-state index contributed by atoms with van der Waals surface area (Å²) in [5.74, 6) is -0.206. The van der Waals surface area contributed by atoms with E-state index in [0.717, 1.165) is 18.7 Å². The summed E-state index contributed by atoms with van der Waals surface area (Å²) in [6.07, 6.45) is 0. The molecule has 0 aliphatic carbocycles. The molecule has 1 unspecified atom stereocenters. The number of hydrogen-bond donors (Lipinski definition) is 2. The average molecular weight is 327 g/mol. The number of nitrogens with one attached hydrogen (secondary N) is 1. The van der Waals surface area contributed by atoms with Crippen LogP contribution in [-0.4, -0.2) is 60.9 Å². The van der Waals surface area contributed by atoms with Crippen LogP contribution in [0.3, 0.4) is 0 Å². The average Bonchev–Trinajstić information content (AvgIpc) is 2.48. The van der Waals surface area contributed by atoms with E-state index in [1.165, 1.54) is 0 Å². The Morgan fingerprint density at radius 2 is 2.14 bits per heavy atom. The van der Waals surface area contributed by atoms with Crippen molar-refractivity contribution in [3.05, 3.63) is 34.3 Å². The molecule has 2 N–H and O–H groups in total. The first-order valence-electron chi connectivity index (χ1n) is 7.44. The second-order valence-corrected chi connectivity index (χ2v) is 6.44. The number of hydrogen-bond acceptors (Lipinski definition) is 4. The summed E-state index contributed by atoms with van der Waals surface area (Å²) in [5, 5.41) is 13.9. The Morgan fingerprint density at radius 1 is 1.45 bits per heavy atom. The maximum absolute atomic E-state index is 12.1. The van der Waals surface area contributed by atoms with Crippen molar-refractivity contribution in [2.75, 3.05) is 39.4 Å². The van der Waals surface area contributed by atoms with Crippen molar-refractivity contribution in [2.24, 2.45) is 0 Å². The second-order valence-electron chi connectivity index (χ2n) is 6.03. The van der Waals surface area contributed by atoms with Crippen molar-refractivity contribution in [1.82, 2.24) is 10.2 Å². The number of aryl methyl sites for hydroxylation is 1. The van der Waals surface area contributed by atoms with Crippen LogP contribution in [0.4, 0.5) is 0 Å². The van der Waals surface area contributed by atoms with Crippen LogP contribution in [0.25, 0.3) is 0 Å². The summed E-state index contributed by atoms with van der Waals surface area (Å²) in [4.78, 5) is 14.3. The first-order valence-corrected chi connectivity index (χ1v) is 7.82. The lowest BCUT2D eigenvalue weighted by Crippen LogP contribution is -2.51. The molecule has 1 heterocycles. The van der Waals surface area contributed by atoms with E-state index in [0.29, 0.717) is 30.3 Å². The number of carbonyl (C=O) groups excluding carboxylic acids is 1. The number of carbonyl (C=O) groups is 1. The molecule has 0 radical (unpaired) electrons. The molecule has 1 aliphatic rings. The number of halogens is 1. The van der Waals surface area contributed by atoms with Gasteiger partial charge in [0.1, 0.15) is 0 Å². The molecule has 0 aromatic heterocycles. The molecule has 0 spiro atoms. The number of ether oxygens (including phenoxy) is 1. The first-order chi connectivity index (χ1) is 10.4. The van der Waals surface area contributed by atoms with E-state index in [-0.39, 0.29) is 12.5 Å². The topological polar surface area (TPSA) is 61.8 Å². The lowest BCUT2D eigenvalue weighted by atomic mass is 10.1.